The normalized spacial score (nSPS) is 14.0. The SMILES string of the molecule is CCn1c(-c2ccncc2)nc2c(N3CCOCC3)nc(-c3ccc(CO)cc3C(=N)/C=C\NC)nc21. The Labute approximate surface area is 215 Å². The van der Waals surface area contributed by atoms with Crippen molar-refractivity contribution in [2.75, 3.05) is 38.3 Å². The number of hydrogen-bond acceptors (Lipinski definition) is 9. The van der Waals surface area contributed by atoms with E-state index in [0.29, 0.717) is 49.8 Å². The number of nitrogens with one attached hydrogen (secondary N) is 2. The Kier molecular flexibility index (Phi) is 7.20. The maximum absolute atomic E-state index is 9.75. The molecule has 0 saturated carbocycles. The summed E-state index contributed by atoms with van der Waals surface area (Å²) in [6, 6.07) is 9.42. The minimum absolute atomic E-state index is 0.118. The van der Waals surface area contributed by atoms with E-state index in [1.54, 1.807) is 31.7 Å². The predicted octanol–water partition coefficient (Wildman–Crippen LogP) is 3.01. The van der Waals surface area contributed by atoms with Gasteiger partial charge in [-0.3, -0.25) is 4.98 Å². The predicted molar refractivity (Wildman–Crippen MR) is 144 cm³/mol. The number of aliphatic hydroxyl groups excluding tert-OH is 1. The number of rotatable bonds is 8. The fourth-order valence-electron chi connectivity index (χ4n) is 4.49. The molecule has 1 fully saturated rings. The fraction of sp³-hybridized carbons (Fsp3) is 0.296. The molecule has 37 heavy (non-hydrogen) atoms. The van der Waals surface area contributed by atoms with Gasteiger partial charge in [-0.05, 0) is 43.0 Å². The number of ether oxygens (including phenoxy) is 1. The number of hydrogen-bond donors (Lipinski definition) is 3. The molecule has 0 spiro atoms. The van der Waals surface area contributed by atoms with Gasteiger partial charge in [0.1, 0.15) is 5.82 Å². The minimum Gasteiger partial charge on any atom is -0.394 e. The summed E-state index contributed by atoms with van der Waals surface area (Å²) in [7, 11) is 1.78. The Morgan fingerprint density at radius 1 is 1.14 bits per heavy atom. The Morgan fingerprint density at radius 2 is 1.92 bits per heavy atom. The number of pyridine rings is 1. The molecule has 0 amide bonds. The molecule has 0 aliphatic carbocycles. The Hall–Kier alpha value is -4.15. The van der Waals surface area contributed by atoms with Gasteiger partial charge in [0.2, 0.25) is 0 Å². The van der Waals surface area contributed by atoms with Crippen molar-refractivity contribution in [1.82, 2.24) is 29.8 Å². The van der Waals surface area contributed by atoms with Crippen LogP contribution in [0.3, 0.4) is 0 Å². The van der Waals surface area contributed by atoms with Crippen LogP contribution in [0.4, 0.5) is 5.82 Å². The highest BCUT2D eigenvalue weighted by atomic mass is 16.5. The number of aromatic nitrogens is 5. The van der Waals surface area contributed by atoms with Gasteiger partial charge in [0.25, 0.3) is 0 Å². The number of morpholine rings is 1. The van der Waals surface area contributed by atoms with E-state index in [-0.39, 0.29) is 12.3 Å². The van der Waals surface area contributed by atoms with Gasteiger partial charge >= 0.3 is 0 Å². The second kappa shape index (κ2) is 10.9. The summed E-state index contributed by atoms with van der Waals surface area (Å²) in [6.07, 6.45) is 6.90. The van der Waals surface area contributed by atoms with E-state index in [9.17, 15) is 5.11 Å². The van der Waals surface area contributed by atoms with Crippen LogP contribution in [0.2, 0.25) is 0 Å². The maximum atomic E-state index is 9.75. The summed E-state index contributed by atoms with van der Waals surface area (Å²) in [5.41, 5.74) is 4.78. The van der Waals surface area contributed by atoms with Gasteiger partial charge in [-0.2, -0.15) is 0 Å². The van der Waals surface area contributed by atoms with Gasteiger partial charge in [-0.15, -0.1) is 0 Å². The van der Waals surface area contributed by atoms with Crippen LogP contribution in [0.25, 0.3) is 33.9 Å². The second-order valence-electron chi connectivity index (χ2n) is 8.63. The van der Waals surface area contributed by atoms with E-state index in [2.05, 4.69) is 26.7 Å². The van der Waals surface area contributed by atoms with E-state index >= 15 is 0 Å². The Bertz CT molecular complexity index is 1440. The zero-order valence-corrected chi connectivity index (χ0v) is 21.0. The standard InChI is InChI=1S/C27H30N8O2/c1-3-35-25(19-6-10-30-11-7-19)31-23-26(34-12-14-37-15-13-34)32-24(33-27(23)35)20-5-4-18(17-36)16-21(20)22(28)8-9-29-2/h4-11,16,28-29,36H,3,12-15,17H2,1-2H3/b9-8-,28-22?. The summed E-state index contributed by atoms with van der Waals surface area (Å²) in [5, 5.41) is 21.4. The van der Waals surface area contributed by atoms with Gasteiger partial charge in [-0.25, -0.2) is 15.0 Å². The van der Waals surface area contributed by atoms with E-state index in [0.717, 1.165) is 33.9 Å². The van der Waals surface area contributed by atoms with Gasteiger partial charge in [0, 0.05) is 55.8 Å². The van der Waals surface area contributed by atoms with Gasteiger partial charge in [0.05, 0.1) is 25.5 Å². The molecule has 5 rings (SSSR count). The molecule has 4 heterocycles. The average Bonchev–Trinajstić information content (AvgIpc) is 3.34. The molecule has 10 nitrogen and oxygen atoms in total. The molecule has 190 valence electrons. The largest absolute Gasteiger partial charge is 0.394 e. The molecule has 1 saturated heterocycles. The van der Waals surface area contributed by atoms with Crippen molar-refractivity contribution < 1.29 is 9.84 Å². The molecular weight excluding hydrogens is 468 g/mol. The average molecular weight is 499 g/mol. The lowest BCUT2D eigenvalue weighted by Crippen LogP contribution is -2.37. The lowest BCUT2D eigenvalue weighted by Gasteiger charge is -2.28. The summed E-state index contributed by atoms with van der Waals surface area (Å²) in [4.78, 5) is 21.4. The third kappa shape index (κ3) is 4.81. The number of nitrogens with zero attached hydrogens (tertiary/aromatic N) is 6. The number of aliphatic hydroxyl groups is 1. The molecular formula is C27H30N8O2. The Balaban J connectivity index is 1.76. The second-order valence-corrected chi connectivity index (χ2v) is 8.63. The molecule has 3 aromatic heterocycles. The third-order valence-corrected chi connectivity index (χ3v) is 6.36. The zero-order valence-electron chi connectivity index (χ0n) is 21.0. The highest BCUT2D eigenvalue weighted by Gasteiger charge is 2.24. The first-order chi connectivity index (χ1) is 18.1. The van der Waals surface area contributed by atoms with Crippen LogP contribution in [0.1, 0.15) is 18.1 Å². The van der Waals surface area contributed by atoms with Crippen LogP contribution in [0, 0.1) is 5.41 Å². The number of benzene rings is 1. The summed E-state index contributed by atoms with van der Waals surface area (Å²) >= 11 is 0. The van der Waals surface area contributed by atoms with Crippen LogP contribution in [-0.4, -0.2) is 68.7 Å². The fourth-order valence-corrected chi connectivity index (χ4v) is 4.49. The third-order valence-electron chi connectivity index (χ3n) is 6.36. The van der Waals surface area contributed by atoms with Crippen molar-refractivity contribution in [3.05, 3.63) is 66.1 Å². The monoisotopic (exact) mass is 498 g/mol. The zero-order chi connectivity index (χ0) is 25.8. The minimum atomic E-state index is -0.118. The van der Waals surface area contributed by atoms with Crippen LogP contribution in [0.5, 0.6) is 0 Å². The first-order valence-electron chi connectivity index (χ1n) is 12.3. The molecule has 0 bridgehead atoms. The van der Waals surface area contributed by atoms with Crippen LogP contribution < -0.4 is 10.2 Å². The number of fused-ring (bicyclic) bond motifs is 1. The van der Waals surface area contributed by atoms with Crippen LogP contribution >= 0.6 is 0 Å². The van der Waals surface area contributed by atoms with E-state index in [1.165, 1.54) is 0 Å². The Morgan fingerprint density at radius 3 is 2.62 bits per heavy atom. The van der Waals surface area contributed by atoms with Crippen molar-refractivity contribution >= 4 is 22.7 Å². The molecule has 0 unspecified atom stereocenters. The first kappa shape index (κ1) is 24.5. The maximum Gasteiger partial charge on any atom is 0.166 e. The smallest absolute Gasteiger partial charge is 0.166 e. The number of anilines is 1. The van der Waals surface area contributed by atoms with Crippen molar-refractivity contribution in [3.8, 4) is 22.8 Å². The number of imidazole rings is 1. The molecule has 3 N–H and O–H groups in total. The van der Waals surface area contributed by atoms with Gasteiger partial charge < -0.3 is 30.0 Å². The van der Waals surface area contributed by atoms with Crippen molar-refractivity contribution in [3.63, 3.8) is 0 Å². The topological polar surface area (TPSA) is 125 Å². The lowest BCUT2D eigenvalue weighted by molar-refractivity contribution is 0.122. The molecule has 0 atom stereocenters. The molecule has 1 aromatic carbocycles. The highest BCUT2D eigenvalue weighted by molar-refractivity contribution is 6.10. The molecule has 0 radical (unpaired) electrons. The van der Waals surface area contributed by atoms with E-state index < -0.39 is 0 Å². The van der Waals surface area contributed by atoms with Crippen LogP contribution in [0.15, 0.2) is 55.0 Å². The molecule has 10 heteroatoms. The number of aryl methyl sites for hydroxylation is 1. The van der Waals surface area contributed by atoms with E-state index in [4.69, 9.17) is 25.1 Å². The van der Waals surface area contributed by atoms with Crippen molar-refractivity contribution in [1.29, 1.82) is 5.41 Å². The summed E-state index contributed by atoms with van der Waals surface area (Å²) < 4.78 is 7.69. The first-order valence-corrected chi connectivity index (χ1v) is 12.3. The summed E-state index contributed by atoms with van der Waals surface area (Å²) in [5.74, 6) is 2.06. The lowest BCUT2D eigenvalue weighted by atomic mass is 9.99. The van der Waals surface area contributed by atoms with Crippen molar-refractivity contribution in [2.45, 2.75) is 20.1 Å². The van der Waals surface area contributed by atoms with Crippen molar-refractivity contribution in [2.24, 2.45) is 0 Å². The quantitative estimate of drug-likeness (QED) is 0.317. The molecule has 1 aliphatic rings. The van der Waals surface area contributed by atoms with Crippen LogP contribution in [-0.2, 0) is 17.9 Å². The molecule has 4 aromatic rings. The van der Waals surface area contributed by atoms with Gasteiger partial charge in [0.15, 0.2) is 22.8 Å². The summed E-state index contributed by atoms with van der Waals surface area (Å²) in [6.45, 7) is 5.25. The highest BCUT2D eigenvalue weighted by Crippen LogP contribution is 2.33. The van der Waals surface area contributed by atoms with Gasteiger partial charge in [-0.1, -0.05) is 12.1 Å². The number of allylic oxidation sites excluding steroid dienone is 1. The molecule has 1 aliphatic heterocycles. The van der Waals surface area contributed by atoms with E-state index in [1.807, 2.05) is 30.3 Å².